The number of aromatic nitrogens is 1. The summed E-state index contributed by atoms with van der Waals surface area (Å²) in [5.74, 6) is 0.243. The van der Waals surface area contributed by atoms with E-state index in [1.165, 1.54) is 0 Å². The number of aryl methyl sites for hydroxylation is 1. The van der Waals surface area contributed by atoms with Gasteiger partial charge in [-0.25, -0.2) is 13.2 Å². The highest BCUT2D eigenvalue weighted by Crippen LogP contribution is 2.39. The number of ether oxygens (including phenoxy) is 2. The van der Waals surface area contributed by atoms with Crippen LogP contribution in [0.25, 0.3) is 10.9 Å². The van der Waals surface area contributed by atoms with Crippen molar-refractivity contribution >= 4 is 16.9 Å². The fourth-order valence-corrected chi connectivity index (χ4v) is 3.64. The third-order valence-corrected chi connectivity index (χ3v) is 5.10. The number of nitrogens with one attached hydrogen (secondary N) is 2. The molecule has 0 aliphatic carbocycles. The molecule has 33 heavy (non-hydrogen) atoms. The molecular formula is C23H28F3N5O2. The number of nitrogens with two attached hydrogens (primary N) is 2. The molecule has 3 aromatic rings. The molecule has 0 fully saturated rings. The second-order valence-corrected chi connectivity index (χ2v) is 7.35. The first kappa shape index (κ1) is 24.2. The van der Waals surface area contributed by atoms with Crippen LogP contribution >= 0.6 is 0 Å². The van der Waals surface area contributed by atoms with Crippen molar-refractivity contribution in [1.82, 2.24) is 9.88 Å². The topological polar surface area (TPSA) is 111 Å². The van der Waals surface area contributed by atoms with Gasteiger partial charge in [-0.2, -0.15) is 0 Å². The van der Waals surface area contributed by atoms with E-state index < -0.39 is 26.1 Å². The monoisotopic (exact) mass is 463 g/mol. The first-order valence-electron chi connectivity index (χ1n) is 10.5. The Hall–Kier alpha value is -3.40. The molecule has 0 saturated carbocycles. The maximum absolute atomic E-state index is 12.9. The van der Waals surface area contributed by atoms with Crippen molar-refractivity contribution in [3.8, 4) is 11.5 Å². The fraction of sp³-hybridized carbons (Fsp3) is 0.348. The van der Waals surface area contributed by atoms with Crippen LogP contribution in [0.1, 0.15) is 22.7 Å². The molecule has 0 saturated heterocycles. The molecule has 10 heteroatoms. The molecule has 178 valence electrons. The molecule has 0 aliphatic rings. The highest BCUT2D eigenvalue weighted by molar-refractivity contribution is 5.81. The molecule has 0 spiro atoms. The Morgan fingerprint density at radius 2 is 1.79 bits per heavy atom. The summed E-state index contributed by atoms with van der Waals surface area (Å²) in [4.78, 5) is 0. The molecule has 7 nitrogen and oxygen atoms in total. The van der Waals surface area contributed by atoms with Gasteiger partial charge in [-0.1, -0.05) is 6.07 Å². The number of hydrogen-bond acceptors (Lipinski definition) is 4. The second kappa shape index (κ2) is 11.5. The van der Waals surface area contributed by atoms with Crippen LogP contribution in [-0.4, -0.2) is 43.8 Å². The third kappa shape index (κ3) is 5.89. The zero-order valence-corrected chi connectivity index (χ0v) is 18.1. The van der Waals surface area contributed by atoms with E-state index >= 15 is 0 Å². The normalized spacial score (nSPS) is 12.0. The van der Waals surface area contributed by atoms with Crippen LogP contribution in [0.2, 0.25) is 0 Å². The van der Waals surface area contributed by atoms with Gasteiger partial charge < -0.3 is 30.8 Å². The number of nitrogens with zero attached hydrogens (tertiary/aromatic N) is 1. The Bertz CT molecular complexity index is 1090. The highest BCUT2D eigenvalue weighted by Gasteiger charge is 2.21. The second-order valence-electron chi connectivity index (χ2n) is 7.35. The molecule has 1 atom stereocenters. The summed E-state index contributed by atoms with van der Waals surface area (Å²) in [5, 5.41) is 11.0. The first-order valence-corrected chi connectivity index (χ1v) is 10.5. The fourth-order valence-electron chi connectivity index (χ4n) is 3.64. The van der Waals surface area contributed by atoms with Crippen LogP contribution in [0, 0.1) is 5.41 Å². The lowest BCUT2D eigenvalue weighted by Crippen LogP contribution is -2.29. The number of benzene rings is 2. The first-order chi connectivity index (χ1) is 16.0. The molecule has 1 heterocycles. The Morgan fingerprint density at radius 1 is 1.03 bits per heavy atom. The molecule has 0 radical (unpaired) electrons. The molecule has 0 aliphatic heterocycles. The summed E-state index contributed by atoms with van der Waals surface area (Å²) in [6.45, 7) is -1.87. The van der Waals surface area contributed by atoms with Gasteiger partial charge in [0.25, 0.3) is 0 Å². The predicted octanol–water partition coefficient (Wildman–Crippen LogP) is 3.34. The number of alkyl halides is 3. The number of fused-ring (bicyclic) bond motifs is 1. The van der Waals surface area contributed by atoms with Crippen molar-refractivity contribution in [2.45, 2.75) is 19.1 Å². The van der Waals surface area contributed by atoms with Gasteiger partial charge in [0.1, 0.15) is 33.2 Å². The van der Waals surface area contributed by atoms with Crippen molar-refractivity contribution in [2.75, 3.05) is 33.2 Å². The van der Waals surface area contributed by atoms with E-state index in [0.29, 0.717) is 11.1 Å². The Labute approximate surface area is 190 Å². The average molecular weight is 464 g/mol. The molecule has 0 amide bonds. The molecule has 1 aromatic heterocycles. The van der Waals surface area contributed by atoms with Crippen LogP contribution < -0.4 is 26.3 Å². The van der Waals surface area contributed by atoms with E-state index in [2.05, 4.69) is 5.32 Å². The van der Waals surface area contributed by atoms with Crippen LogP contribution in [0.4, 0.5) is 13.2 Å². The number of halogens is 3. The van der Waals surface area contributed by atoms with E-state index in [1.807, 2.05) is 35.0 Å². The van der Waals surface area contributed by atoms with Crippen molar-refractivity contribution < 1.29 is 22.6 Å². The molecule has 1 unspecified atom stereocenters. The van der Waals surface area contributed by atoms with E-state index in [9.17, 15) is 13.2 Å². The molecule has 3 rings (SSSR count). The van der Waals surface area contributed by atoms with Crippen LogP contribution in [0.15, 0.2) is 42.6 Å². The maximum atomic E-state index is 12.9. The smallest absolute Gasteiger partial charge is 0.185 e. The zero-order valence-electron chi connectivity index (χ0n) is 18.1. The summed E-state index contributed by atoms with van der Waals surface area (Å²) >= 11 is 0. The van der Waals surface area contributed by atoms with E-state index in [-0.39, 0.29) is 43.8 Å². The molecule has 0 bridgehead atoms. The lowest BCUT2D eigenvalue weighted by Gasteiger charge is -2.22. The molecule has 6 N–H and O–H groups in total. The van der Waals surface area contributed by atoms with Crippen molar-refractivity contribution in [1.29, 1.82) is 5.41 Å². The van der Waals surface area contributed by atoms with Crippen molar-refractivity contribution in [3.05, 3.63) is 59.3 Å². The Kier molecular flexibility index (Phi) is 8.42. The van der Waals surface area contributed by atoms with E-state index in [4.69, 9.17) is 26.4 Å². The Balaban J connectivity index is 2.05. The predicted molar refractivity (Wildman–Crippen MR) is 122 cm³/mol. The number of guanidine groups is 1. The van der Waals surface area contributed by atoms with E-state index in [1.54, 1.807) is 12.1 Å². The largest absolute Gasteiger partial charge is 0.487 e. The molecular weight excluding hydrogens is 435 g/mol. The minimum atomic E-state index is -0.723. The molecule has 2 aromatic carbocycles. The lowest BCUT2D eigenvalue weighted by molar-refractivity contribution is 0.232. The van der Waals surface area contributed by atoms with Gasteiger partial charge in [-0.05, 0) is 46.8 Å². The number of rotatable bonds is 12. The van der Waals surface area contributed by atoms with Gasteiger partial charge in [0.05, 0.1) is 12.6 Å². The van der Waals surface area contributed by atoms with Crippen LogP contribution in [0.3, 0.4) is 0 Å². The summed E-state index contributed by atoms with van der Waals surface area (Å²) in [6, 6.07) is 10.2. The minimum Gasteiger partial charge on any atom is -0.487 e. The minimum absolute atomic E-state index is 0.204. The van der Waals surface area contributed by atoms with Crippen molar-refractivity contribution in [2.24, 2.45) is 11.5 Å². The van der Waals surface area contributed by atoms with Gasteiger partial charge in [0.15, 0.2) is 17.5 Å². The summed E-state index contributed by atoms with van der Waals surface area (Å²) in [5.41, 5.74) is 14.8. The maximum Gasteiger partial charge on any atom is 0.185 e. The highest BCUT2D eigenvalue weighted by atomic mass is 19.1. The van der Waals surface area contributed by atoms with Gasteiger partial charge in [0, 0.05) is 23.8 Å². The quantitative estimate of drug-likeness (QED) is 0.243. The third-order valence-electron chi connectivity index (χ3n) is 5.10. The van der Waals surface area contributed by atoms with Gasteiger partial charge in [-0.15, -0.1) is 0 Å². The summed E-state index contributed by atoms with van der Waals surface area (Å²) < 4.78 is 51.5. The van der Waals surface area contributed by atoms with Crippen LogP contribution in [0.5, 0.6) is 11.5 Å². The van der Waals surface area contributed by atoms with Gasteiger partial charge in [-0.3, -0.25) is 5.41 Å². The van der Waals surface area contributed by atoms with Crippen LogP contribution in [-0.2, 0) is 13.1 Å². The number of hydrogen-bond donors (Lipinski definition) is 4. The average Bonchev–Trinajstić information content (AvgIpc) is 3.22. The van der Waals surface area contributed by atoms with E-state index in [0.717, 1.165) is 16.5 Å². The zero-order chi connectivity index (χ0) is 23.8. The van der Waals surface area contributed by atoms with Crippen molar-refractivity contribution in [3.63, 3.8) is 0 Å². The standard InChI is InChI=1S/C23H28F3N5O2/c24-4-8-31-7-3-16-13-17(1-2-19(16)31)21(27)18-11-15(14-30-23(28)29)12-20(32-9-5-25)22(18)33-10-6-26/h1-3,7,11-13,21H,4-6,8-10,14,27H2,(H4,28,29,30). The summed E-state index contributed by atoms with van der Waals surface area (Å²) in [6.07, 6.45) is 1.81. The van der Waals surface area contributed by atoms with Gasteiger partial charge >= 0.3 is 0 Å². The SMILES string of the molecule is N=C(N)NCc1cc(OCCF)c(OCCF)c(C(N)c2ccc3c(ccn3CCF)c2)c1. The Morgan fingerprint density at radius 3 is 2.48 bits per heavy atom. The summed E-state index contributed by atoms with van der Waals surface area (Å²) in [7, 11) is 0. The lowest BCUT2D eigenvalue weighted by atomic mass is 9.95. The van der Waals surface area contributed by atoms with Gasteiger partial charge in [0.2, 0.25) is 0 Å².